The van der Waals surface area contributed by atoms with Gasteiger partial charge < -0.3 is 9.88 Å². The number of aromatic nitrogens is 1. The maximum Gasteiger partial charge on any atom is 0.268 e. The zero-order valence-corrected chi connectivity index (χ0v) is 17.9. The van der Waals surface area contributed by atoms with Crippen molar-refractivity contribution in [1.29, 1.82) is 0 Å². The molecule has 1 atom stereocenters. The van der Waals surface area contributed by atoms with Crippen LogP contribution in [0.15, 0.2) is 45.9 Å². The fourth-order valence-corrected chi connectivity index (χ4v) is 5.29. The van der Waals surface area contributed by atoms with E-state index in [0.29, 0.717) is 18.8 Å². The Morgan fingerprint density at radius 2 is 1.89 bits per heavy atom. The number of piperidine rings is 1. The first-order valence-electron chi connectivity index (χ1n) is 9.02. The molecule has 2 heterocycles. The van der Waals surface area contributed by atoms with E-state index in [9.17, 15) is 13.2 Å². The first kappa shape index (κ1) is 20.1. The van der Waals surface area contributed by atoms with Crippen LogP contribution in [0.2, 0.25) is 0 Å². The molecule has 0 aliphatic carbocycles. The standard InChI is InChI=1S/C19H24BrN3O3S/c1-14(15-7-6-8-16(20)11-15)21-19(24)18-12-17(13-22(18)2)27(25,26)23-9-4-3-5-10-23/h6-8,11-14H,3-5,9-10H2,1-2H3,(H,21,24). The van der Waals surface area contributed by atoms with Gasteiger partial charge in [0, 0.05) is 30.8 Å². The van der Waals surface area contributed by atoms with E-state index < -0.39 is 10.0 Å². The second kappa shape index (κ2) is 8.16. The molecule has 2 aromatic rings. The van der Waals surface area contributed by atoms with Crippen molar-refractivity contribution in [3.63, 3.8) is 0 Å². The van der Waals surface area contributed by atoms with Crippen LogP contribution < -0.4 is 5.32 Å². The summed E-state index contributed by atoms with van der Waals surface area (Å²) in [5.41, 5.74) is 1.29. The Balaban J connectivity index is 1.78. The van der Waals surface area contributed by atoms with Crippen LogP contribution in [0.1, 0.15) is 48.3 Å². The number of hydrogen-bond acceptors (Lipinski definition) is 3. The summed E-state index contributed by atoms with van der Waals surface area (Å²) in [6.07, 6.45) is 4.33. The van der Waals surface area contributed by atoms with E-state index in [1.165, 1.54) is 16.6 Å². The number of rotatable bonds is 5. The maximum absolute atomic E-state index is 12.8. The number of carbonyl (C=O) groups is 1. The highest BCUT2D eigenvalue weighted by Crippen LogP contribution is 2.23. The highest BCUT2D eigenvalue weighted by atomic mass is 79.9. The lowest BCUT2D eigenvalue weighted by Gasteiger charge is -2.25. The summed E-state index contributed by atoms with van der Waals surface area (Å²) in [6, 6.07) is 8.98. The predicted molar refractivity (Wildman–Crippen MR) is 108 cm³/mol. The van der Waals surface area contributed by atoms with Gasteiger partial charge in [-0.15, -0.1) is 0 Å². The van der Waals surface area contributed by atoms with Gasteiger partial charge in [0.2, 0.25) is 10.0 Å². The van der Waals surface area contributed by atoms with Gasteiger partial charge in [-0.25, -0.2) is 8.42 Å². The van der Waals surface area contributed by atoms with Crippen LogP contribution >= 0.6 is 15.9 Å². The van der Waals surface area contributed by atoms with Gasteiger partial charge in [-0.05, 0) is 43.5 Å². The number of halogens is 1. The Hall–Kier alpha value is -1.64. The third kappa shape index (κ3) is 4.44. The third-order valence-electron chi connectivity index (χ3n) is 4.86. The largest absolute Gasteiger partial charge is 0.345 e. The Morgan fingerprint density at radius 1 is 1.19 bits per heavy atom. The molecule has 0 spiro atoms. The summed E-state index contributed by atoms with van der Waals surface area (Å²) < 4.78 is 29.7. The molecule has 146 valence electrons. The fraction of sp³-hybridized carbons (Fsp3) is 0.421. The van der Waals surface area contributed by atoms with E-state index in [0.717, 1.165) is 29.3 Å². The number of hydrogen-bond donors (Lipinski definition) is 1. The summed E-state index contributed by atoms with van der Waals surface area (Å²) in [5, 5.41) is 2.94. The first-order valence-corrected chi connectivity index (χ1v) is 11.2. The number of nitrogens with zero attached hydrogens (tertiary/aromatic N) is 2. The van der Waals surface area contributed by atoms with Crippen molar-refractivity contribution in [2.75, 3.05) is 13.1 Å². The van der Waals surface area contributed by atoms with E-state index in [1.807, 2.05) is 31.2 Å². The van der Waals surface area contributed by atoms with Crippen LogP contribution in [0.5, 0.6) is 0 Å². The topological polar surface area (TPSA) is 71.4 Å². The summed E-state index contributed by atoms with van der Waals surface area (Å²) in [4.78, 5) is 12.9. The second-order valence-electron chi connectivity index (χ2n) is 6.89. The lowest BCUT2D eigenvalue weighted by molar-refractivity contribution is 0.0931. The number of nitrogens with one attached hydrogen (secondary N) is 1. The fourth-order valence-electron chi connectivity index (χ4n) is 3.29. The van der Waals surface area contributed by atoms with Crippen LogP contribution in [0.3, 0.4) is 0 Å². The summed E-state index contributed by atoms with van der Waals surface area (Å²) in [7, 11) is -1.87. The van der Waals surface area contributed by atoms with Crippen LogP contribution in [0.4, 0.5) is 0 Å². The highest BCUT2D eigenvalue weighted by molar-refractivity contribution is 9.10. The smallest absolute Gasteiger partial charge is 0.268 e. The zero-order valence-electron chi connectivity index (χ0n) is 15.5. The molecule has 1 fully saturated rings. The molecule has 1 saturated heterocycles. The van der Waals surface area contributed by atoms with Gasteiger partial charge in [-0.1, -0.05) is 34.5 Å². The minimum Gasteiger partial charge on any atom is -0.345 e. The van der Waals surface area contributed by atoms with E-state index in [-0.39, 0.29) is 16.8 Å². The minimum atomic E-state index is -3.56. The van der Waals surface area contributed by atoms with E-state index >= 15 is 0 Å². The average molecular weight is 454 g/mol. The molecule has 3 rings (SSSR count). The van der Waals surface area contributed by atoms with Crippen LogP contribution in [-0.4, -0.2) is 36.3 Å². The van der Waals surface area contributed by atoms with Gasteiger partial charge in [0.25, 0.3) is 5.91 Å². The van der Waals surface area contributed by atoms with E-state index in [2.05, 4.69) is 21.2 Å². The van der Waals surface area contributed by atoms with Crippen molar-refractivity contribution in [3.05, 3.63) is 52.3 Å². The monoisotopic (exact) mass is 453 g/mol. The van der Waals surface area contributed by atoms with Gasteiger partial charge >= 0.3 is 0 Å². The maximum atomic E-state index is 12.8. The van der Waals surface area contributed by atoms with Gasteiger partial charge in [0.1, 0.15) is 10.6 Å². The Labute approximate surface area is 168 Å². The molecule has 1 aliphatic rings. The Kier molecular flexibility index (Phi) is 6.08. The van der Waals surface area contributed by atoms with Crippen molar-refractivity contribution in [2.24, 2.45) is 7.05 Å². The molecule has 0 saturated carbocycles. The van der Waals surface area contributed by atoms with Crippen LogP contribution in [-0.2, 0) is 17.1 Å². The molecule has 27 heavy (non-hydrogen) atoms. The normalized spacial score (nSPS) is 16.9. The Morgan fingerprint density at radius 3 is 2.56 bits per heavy atom. The number of aryl methyl sites for hydroxylation is 1. The third-order valence-corrected chi connectivity index (χ3v) is 7.22. The number of benzene rings is 1. The summed E-state index contributed by atoms with van der Waals surface area (Å²) >= 11 is 3.43. The van der Waals surface area contributed by atoms with Gasteiger partial charge in [-0.2, -0.15) is 4.31 Å². The predicted octanol–water partition coefficient (Wildman–Crippen LogP) is 3.45. The molecular weight excluding hydrogens is 430 g/mol. The number of sulfonamides is 1. The van der Waals surface area contributed by atoms with E-state index in [1.54, 1.807) is 11.6 Å². The molecule has 1 N–H and O–H groups in total. The molecule has 6 nitrogen and oxygen atoms in total. The first-order chi connectivity index (χ1) is 12.8. The van der Waals surface area contributed by atoms with Gasteiger partial charge in [-0.3, -0.25) is 4.79 Å². The van der Waals surface area contributed by atoms with Crippen molar-refractivity contribution >= 4 is 31.9 Å². The van der Waals surface area contributed by atoms with Gasteiger partial charge in [0.05, 0.1) is 6.04 Å². The molecule has 1 amide bonds. The van der Waals surface area contributed by atoms with Crippen molar-refractivity contribution < 1.29 is 13.2 Å². The number of amides is 1. The minimum absolute atomic E-state index is 0.173. The van der Waals surface area contributed by atoms with Crippen molar-refractivity contribution in [1.82, 2.24) is 14.2 Å². The summed E-state index contributed by atoms with van der Waals surface area (Å²) in [6.45, 7) is 2.98. The molecule has 8 heteroatoms. The Bertz CT molecular complexity index is 933. The quantitative estimate of drug-likeness (QED) is 0.753. The molecule has 1 aromatic carbocycles. The van der Waals surface area contributed by atoms with E-state index in [4.69, 9.17) is 0 Å². The van der Waals surface area contributed by atoms with Crippen LogP contribution in [0.25, 0.3) is 0 Å². The SMILES string of the molecule is CC(NC(=O)c1cc(S(=O)(=O)N2CCCCC2)cn1C)c1cccc(Br)c1. The number of carbonyl (C=O) groups excluding carboxylic acids is 1. The lowest BCUT2D eigenvalue weighted by Crippen LogP contribution is -2.35. The van der Waals surface area contributed by atoms with Crippen molar-refractivity contribution in [2.45, 2.75) is 37.1 Å². The van der Waals surface area contributed by atoms with Crippen molar-refractivity contribution in [3.8, 4) is 0 Å². The highest BCUT2D eigenvalue weighted by Gasteiger charge is 2.28. The molecule has 0 radical (unpaired) electrons. The summed E-state index contributed by atoms with van der Waals surface area (Å²) in [5.74, 6) is -0.301. The molecule has 1 aliphatic heterocycles. The molecular formula is C19H24BrN3O3S. The van der Waals surface area contributed by atoms with Crippen LogP contribution in [0, 0.1) is 0 Å². The molecule has 0 bridgehead atoms. The average Bonchev–Trinajstić information content (AvgIpc) is 3.05. The van der Waals surface area contributed by atoms with Gasteiger partial charge in [0.15, 0.2) is 0 Å². The molecule has 1 unspecified atom stereocenters. The molecule has 1 aromatic heterocycles. The lowest BCUT2D eigenvalue weighted by atomic mass is 10.1. The zero-order chi connectivity index (χ0) is 19.6. The second-order valence-corrected chi connectivity index (χ2v) is 9.74.